The first kappa shape index (κ1) is 10.2. The highest BCUT2D eigenvalue weighted by molar-refractivity contribution is 5.68. The van der Waals surface area contributed by atoms with E-state index in [9.17, 15) is 10.1 Å². The van der Waals surface area contributed by atoms with Crippen LogP contribution in [0.15, 0.2) is 47.1 Å². The number of benzene rings is 1. The third-order valence-corrected chi connectivity index (χ3v) is 2.06. The van der Waals surface area contributed by atoms with Crippen molar-refractivity contribution >= 4 is 17.8 Å². The molecule has 1 heterocycles. The highest BCUT2D eigenvalue weighted by Crippen LogP contribution is 2.15. The zero-order valence-corrected chi connectivity index (χ0v) is 8.37. The molecule has 0 saturated heterocycles. The predicted octanol–water partition coefficient (Wildman–Crippen LogP) is 3.36. The zero-order chi connectivity index (χ0) is 11.4. The molecule has 0 amide bonds. The molecule has 0 fully saturated rings. The summed E-state index contributed by atoms with van der Waals surface area (Å²) in [6, 6.07) is 10.0. The van der Waals surface area contributed by atoms with Gasteiger partial charge in [0.1, 0.15) is 5.76 Å². The number of rotatable bonds is 3. The van der Waals surface area contributed by atoms with E-state index in [1.807, 2.05) is 6.07 Å². The molecule has 0 aliphatic carbocycles. The van der Waals surface area contributed by atoms with Gasteiger partial charge in [0.25, 0.3) is 5.69 Å². The molecular weight excluding hydrogens is 206 g/mol. The Morgan fingerprint density at radius 2 is 2.06 bits per heavy atom. The smallest absolute Gasteiger partial charge is 0.270 e. The Kier molecular flexibility index (Phi) is 2.82. The first-order chi connectivity index (χ1) is 7.75. The fourth-order valence-corrected chi connectivity index (χ4v) is 1.31. The number of nitro groups is 1. The van der Waals surface area contributed by atoms with E-state index in [4.69, 9.17) is 4.42 Å². The Balaban J connectivity index is 2.22. The van der Waals surface area contributed by atoms with Crippen molar-refractivity contribution in [3.63, 3.8) is 0 Å². The van der Waals surface area contributed by atoms with Gasteiger partial charge in [-0.15, -0.1) is 0 Å². The Labute approximate surface area is 92.0 Å². The monoisotopic (exact) mass is 215 g/mol. The number of nitrogens with zero attached hydrogens (tertiary/aromatic N) is 1. The summed E-state index contributed by atoms with van der Waals surface area (Å²) >= 11 is 0. The molecule has 4 heteroatoms. The lowest BCUT2D eigenvalue weighted by Crippen LogP contribution is -1.87. The van der Waals surface area contributed by atoms with Gasteiger partial charge in [0.15, 0.2) is 0 Å². The van der Waals surface area contributed by atoms with Crippen molar-refractivity contribution in [2.24, 2.45) is 0 Å². The van der Waals surface area contributed by atoms with Gasteiger partial charge in [-0.2, -0.15) is 0 Å². The standard InChI is InChI=1S/C12H9NO3/c14-13(15)11-4-1-3-10(9-11)6-7-12-5-2-8-16-12/h1-9H/b7-6+. The molecule has 1 aromatic heterocycles. The molecule has 0 unspecified atom stereocenters. The minimum absolute atomic E-state index is 0.0848. The van der Waals surface area contributed by atoms with Crippen LogP contribution in [0.3, 0.4) is 0 Å². The number of non-ortho nitro benzene ring substituents is 1. The van der Waals surface area contributed by atoms with Crippen molar-refractivity contribution < 1.29 is 9.34 Å². The van der Waals surface area contributed by atoms with E-state index in [0.717, 1.165) is 5.56 Å². The average Bonchev–Trinajstić information content (AvgIpc) is 2.79. The average molecular weight is 215 g/mol. The van der Waals surface area contributed by atoms with E-state index >= 15 is 0 Å². The molecule has 0 aliphatic heterocycles. The van der Waals surface area contributed by atoms with Gasteiger partial charge in [0, 0.05) is 12.1 Å². The van der Waals surface area contributed by atoms with Crippen molar-refractivity contribution in [2.45, 2.75) is 0 Å². The molecule has 0 radical (unpaired) electrons. The van der Waals surface area contributed by atoms with Crippen LogP contribution in [0.5, 0.6) is 0 Å². The minimum atomic E-state index is -0.412. The topological polar surface area (TPSA) is 56.3 Å². The maximum Gasteiger partial charge on any atom is 0.270 e. The molecule has 2 rings (SSSR count). The quantitative estimate of drug-likeness (QED) is 0.582. The van der Waals surface area contributed by atoms with Gasteiger partial charge >= 0.3 is 0 Å². The van der Waals surface area contributed by atoms with Crippen LogP contribution in [0.4, 0.5) is 5.69 Å². The van der Waals surface area contributed by atoms with Crippen molar-refractivity contribution in [1.82, 2.24) is 0 Å². The Bertz CT molecular complexity index is 515. The van der Waals surface area contributed by atoms with Gasteiger partial charge in [-0.3, -0.25) is 10.1 Å². The number of furan rings is 1. The second kappa shape index (κ2) is 4.44. The van der Waals surface area contributed by atoms with E-state index in [1.165, 1.54) is 12.1 Å². The first-order valence-corrected chi connectivity index (χ1v) is 4.72. The van der Waals surface area contributed by atoms with Crippen molar-refractivity contribution in [3.8, 4) is 0 Å². The van der Waals surface area contributed by atoms with E-state index in [1.54, 1.807) is 36.6 Å². The number of hydrogen-bond acceptors (Lipinski definition) is 3. The Morgan fingerprint density at radius 3 is 2.75 bits per heavy atom. The van der Waals surface area contributed by atoms with Crippen LogP contribution in [0.2, 0.25) is 0 Å². The van der Waals surface area contributed by atoms with Crippen molar-refractivity contribution in [3.05, 3.63) is 64.1 Å². The highest BCUT2D eigenvalue weighted by atomic mass is 16.6. The fourth-order valence-electron chi connectivity index (χ4n) is 1.31. The fraction of sp³-hybridized carbons (Fsp3) is 0. The summed E-state index contributed by atoms with van der Waals surface area (Å²) in [5.74, 6) is 0.714. The third-order valence-electron chi connectivity index (χ3n) is 2.06. The number of nitro benzene ring substituents is 1. The van der Waals surface area contributed by atoms with E-state index in [2.05, 4.69) is 0 Å². The van der Waals surface area contributed by atoms with Crippen LogP contribution >= 0.6 is 0 Å². The van der Waals surface area contributed by atoms with Crippen LogP contribution in [-0.2, 0) is 0 Å². The summed E-state index contributed by atoms with van der Waals surface area (Å²) in [5.41, 5.74) is 0.854. The Hall–Kier alpha value is -2.36. The van der Waals surface area contributed by atoms with Crippen molar-refractivity contribution in [1.29, 1.82) is 0 Å². The molecule has 4 nitrogen and oxygen atoms in total. The van der Waals surface area contributed by atoms with Gasteiger partial charge in [0.05, 0.1) is 11.2 Å². The molecule has 1 aromatic carbocycles. The van der Waals surface area contributed by atoms with Gasteiger partial charge in [-0.25, -0.2) is 0 Å². The summed E-state index contributed by atoms with van der Waals surface area (Å²) in [4.78, 5) is 10.1. The molecular formula is C12H9NO3. The lowest BCUT2D eigenvalue weighted by molar-refractivity contribution is -0.384. The second-order valence-corrected chi connectivity index (χ2v) is 3.20. The summed E-state index contributed by atoms with van der Waals surface area (Å²) in [7, 11) is 0. The number of hydrogen-bond donors (Lipinski definition) is 0. The van der Waals surface area contributed by atoms with E-state index in [-0.39, 0.29) is 5.69 Å². The predicted molar refractivity (Wildman–Crippen MR) is 60.7 cm³/mol. The summed E-state index contributed by atoms with van der Waals surface area (Å²) in [5, 5.41) is 10.5. The van der Waals surface area contributed by atoms with Gasteiger partial charge in [-0.05, 0) is 23.8 Å². The summed E-state index contributed by atoms with van der Waals surface area (Å²) in [6.45, 7) is 0. The van der Waals surface area contributed by atoms with Crippen LogP contribution in [0.25, 0.3) is 12.2 Å². The third kappa shape index (κ3) is 2.36. The van der Waals surface area contributed by atoms with Gasteiger partial charge < -0.3 is 4.42 Å². The lowest BCUT2D eigenvalue weighted by Gasteiger charge is -1.93. The Morgan fingerprint density at radius 1 is 1.19 bits per heavy atom. The van der Waals surface area contributed by atoms with E-state index in [0.29, 0.717) is 5.76 Å². The molecule has 80 valence electrons. The maximum atomic E-state index is 10.5. The van der Waals surface area contributed by atoms with Gasteiger partial charge in [-0.1, -0.05) is 18.2 Å². The van der Waals surface area contributed by atoms with Crippen molar-refractivity contribution in [2.75, 3.05) is 0 Å². The molecule has 0 aliphatic rings. The van der Waals surface area contributed by atoms with Crippen LogP contribution in [0, 0.1) is 10.1 Å². The molecule has 0 atom stereocenters. The molecule has 0 bridgehead atoms. The molecule has 0 saturated carbocycles. The highest BCUT2D eigenvalue weighted by Gasteiger charge is 2.03. The molecule has 0 N–H and O–H groups in total. The SMILES string of the molecule is O=[N+]([O-])c1cccc(/C=C/c2ccco2)c1. The molecule has 16 heavy (non-hydrogen) atoms. The summed E-state index contributed by atoms with van der Waals surface area (Å²) < 4.78 is 5.11. The normalized spacial score (nSPS) is 10.8. The van der Waals surface area contributed by atoms with E-state index < -0.39 is 4.92 Å². The van der Waals surface area contributed by atoms with Gasteiger partial charge in [0.2, 0.25) is 0 Å². The molecule has 0 spiro atoms. The largest absolute Gasteiger partial charge is 0.465 e. The second-order valence-electron chi connectivity index (χ2n) is 3.20. The first-order valence-electron chi connectivity index (χ1n) is 4.72. The van der Waals surface area contributed by atoms with Crippen LogP contribution in [-0.4, -0.2) is 4.92 Å². The van der Waals surface area contributed by atoms with Crippen LogP contribution < -0.4 is 0 Å². The van der Waals surface area contributed by atoms with Crippen LogP contribution in [0.1, 0.15) is 11.3 Å². The summed E-state index contributed by atoms with van der Waals surface area (Å²) in [6.07, 6.45) is 5.11. The lowest BCUT2D eigenvalue weighted by atomic mass is 10.2. The molecule has 2 aromatic rings. The maximum absolute atomic E-state index is 10.5. The zero-order valence-electron chi connectivity index (χ0n) is 8.37. The minimum Gasteiger partial charge on any atom is -0.465 e.